The van der Waals surface area contributed by atoms with Gasteiger partial charge < -0.3 is 10.4 Å². The van der Waals surface area contributed by atoms with Gasteiger partial charge in [-0.3, -0.25) is 14.5 Å². The van der Waals surface area contributed by atoms with E-state index in [0.717, 1.165) is 15.7 Å². The number of carbonyl (C=O) groups is 2. The summed E-state index contributed by atoms with van der Waals surface area (Å²) in [5, 5.41) is 11.5. The lowest BCUT2D eigenvalue weighted by molar-refractivity contribution is -0.139. The van der Waals surface area contributed by atoms with Crippen molar-refractivity contribution in [1.29, 1.82) is 0 Å². The standard InChI is InChI=1S/C14H17BrN2O3/c1-9-4-11(15)2-3-12(9)16-13(18)8-17-6-10(7-17)5-14(19)20/h2-4,10H,5-8H2,1H3,(H,16,18)(H,19,20). The lowest BCUT2D eigenvalue weighted by atomic mass is 9.96. The molecule has 2 rings (SSSR count). The van der Waals surface area contributed by atoms with Crippen molar-refractivity contribution in [3.8, 4) is 0 Å². The quantitative estimate of drug-likeness (QED) is 0.861. The van der Waals surface area contributed by atoms with Gasteiger partial charge in [-0.1, -0.05) is 15.9 Å². The summed E-state index contributed by atoms with van der Waals surface area (Å²) in [4.78, 5) is 24.4. The zero-order valence-corrected chi connectivity index (χ0v) is 12.8. The molecule has 1 fully saturated rings. The Bertz CT molecular complexity index is 527. The van der Waals surface area contributed by atoms with E-state index in [-0.39, 0.29) is 18.2 Å². The Labute approximate surface area is 126 Å². The Hall–Kier alpha value is -1.40. The number of nitrogens with zero attached hydrogens (tertiary/aromatic N) is 1. The van der Waals surface area contributed by atoms with Crippen molar-refractivity contribution in [1.82, 2.24) is 4.90 Å². The van der Waals surface area contributed by atoms with E-state index in [0.29, 0.717) is 19.6 Å². The average molecular weight is 341 g/mol. The number of amides is 1. The van der Waals surface area contributed by atoms with Gasteiger partial charge in [0.25, 0.3) is 0 Å². The number of carboxylic acids is 1. The maximum Gasteiger partial charge on any atom is 0.303 e. The van der Waals surface area contributed by atoms with Crippen molar-refractivity contribution in [3.05, 3.63) is 28.2 Å². The molecular weight excluding hydrogens is 324 g/mol. The fraction of sp³-hybridized carbons (Fsp3) is 0.429. The summed E-state index contributed by atoms with van der Waals surface area (Å²) >= 11 is 3.38. The van der Waals surface area contributed by atoms with Crippen molar-refractivity contribution < 1.29 is 14.7 Å². The second-order valence-electron chi connectivity index (χ2n) is 5.17. The minimum Gasteiger partial charge on any atom is -0.481 e. The monoisotopic (exact) mass is 340 g/mol. The molecule has 0 spiro atoms. The van der Waals surface area contributed by atoms with Crippen LogP contribution in [0.3, 0.4) is 0 Å². The Morgan fingerprint density at radius 3 is 2.75 bits per heavy atom. The number of hydrogen-bond donors (Lipinski definition) is 2. The molecule has 0 aromatic heterocycles. The SMILES string of the molecule is Cc1cc(Br)ccc1NC(=O)CN1CC(CC(=O)O)C1. The lowest BCUT2D eigenvalue weighted by Crippen LogP contribution is -2.50. The van der Waals surface area contributed by atoms with Crippen LogP contribution in [0.25, 0.3) is 0 Å². The first kappa shape index (κ1) is 15.0. The fourth-order valence-corrected chi connectivity index (χ4v) is 2.82. The Kier molecular flexibility index (Phi) is 4.77. The van der Waals surface area contributed by atoms with Crippen molar-refractivity contribution in [3.63, 3.8) is 0 Å². The number of halogens is 1. The molecule has 2 N–H and O–H groups in total. The zero-order chi connectivity index (χ0) is 14.7. The van der Waals surface area contributed by atoms with Gasteiger partial charge in [0, 0.05) is 23.2 Å². The lowest BCUT2D eigenvalue weighted by Gasteiger charge is -2.37. The Balaban J connectivity index is 1.78. The highest BCUT2D eigenvalue weighted by molar-refractivity contribution is 9.10. The number of carboxylic acid groups (broad SMARTS) is 1. The van der Waals surface area contributed by atoms with E-state index in [1.165, 1.54) is 0 Å². The number of carbonyl (C=O) groups excluding carboxylic acids is 1. The molecule has 1 saturated heterocycles. The highest BCUT2D eigenvalue weighted by Gasteiger charge is 2.29. The number of anilines is 1. The normalized spacial score (nSPS) is 15.7. The third kappa shape index (κ3) is 4.05. The molecule has 0 aliphatic carbocycles. The van der Waals surface area contributed by atoms with Gasteiger partial charge in [0.1, 0.15) is 0 Å². The van der Waals surface area contributed by atoms with Crippen molar-refractivity contribution >= 4 is 33.5 Å². The first-order valence-corrected chi connectivity index (χ1v) is 7.23. The first-order valence-electron chi connectivity index (χ1n) is 6.44. The van der Waals surface area contributed by atoms with Gasteiger partial charge in [0.2, 0.25) is 5.91 Å². The minimum absolute atomic E-state index is 0.0656. The smallest absolute Gasteiger partial charge is 0.303 e. The number of hydrogen-bond acceptors (Lipinski definition) is 3. The summed E-state index contributed by atoms with van der Waals surface area (Å²) in [7, 11) is 0. The zero-order valence-electron chi connectivity index (χ0n) is 11.2. The molecule has 1 heterocycles. The van der Waals surface area contributed by atoms with Crippen molar-refractivity contribution in [2.24, 2.45) is 5.92 Å². The molecule has 0 bridgehead atoms. The van der Waals surface area contributed by atoms with Gasteiger partial charge in [-0.05, 0) is 36.6 Å². The molecule has 6 heteroatoms. The third-order valence-corrected chi connectivity index (χ3v) is 3.82. The summed E-state index contributed by atoms with van der Waals surface area (Å²) in [5.41, 5.74) is 1.81. The van der Waals surface area contributed by atoms with Crippen LogP contribution in [0.15, 0.2) is 22.7 Å². The molecule has 0 atom stereocenters. The van der Waals surface area contributed by atoms with E-state index in [1.807, 2.05) is 30.0 Å². The molecule has 108 valence electrons. The number of aliphatic carboxylic acids is 1. The average Bonchev–Trinajstić information content (AvgIpc) is 2.29. The minimum atomic E-state index is -0.774. The largest absolute Gasteiger partial charge is 0.481 e. The molecule has 5 nitrogen and oxygen atoms in total. The molecule has 0 saturated carbocycles. The maximum absolute atomic E-state index is 11.9. The number of rotatable bonds is 5. The summed E-state index contributed by atoms with van der Waals surface area (Å²) in [5.74, 6) is -0.663. The third-order valence-electron chi connectivity index (χ3n) is 3.33. The molecule has 0 radical (unpaired) electrons. The van der Waals surface area contributed by atoms with Crippen LogP contribution >= 0.6 is 15.9 Å². The first-order chi connectivity index (χ1) is 9.44. The van der Waals surface area contributed by atoms with Crippen LogP contribution in [0.2, 0.25) is 0 Å². The van der Waals surface area contributed by atoms with Crippen LogP contribution in [0.4, 0.5) is 5.69 Å². The van der Waals surface area contributed by atoms with Crippen molar-refractivity contribution in [2.45, 2.75) is 13.3 Å². The predicted octanol–water partition coefficient (Wildman–Crippen LogP) is 2.10. The fourth-order valence-electron chi connectivity index (χ4n) is 2.34. The van der Waals surface area contributed by atoms with Crippen LogP contribution < -0.4 is 5.32 Å². The van der Waals surface area contributed by atoms with E-state index in [1.54, 1.807) is 0 Å². The van der Waals surface area contributed by atoms with E-state index < -0.39 is 5.97 Å². The Morgan fingerprint density at radius 2 is 2.15 bits per heavy atom. The van der Waals surface area contributed by atoms with Gasteiger partial charge in [-0.25, -0.2) is 0 Å². The number of benzene rings is 1. The van der Waals surface area contributed by atoms with Crippen LogP contribution in [-0.2, 0) is 9.59 Å². The maximum atomic E-state index is 11.9. The van der Waals surface area contributed by atoms with Gasteiger partial charge in [0.05, 0.1) is 13.0 Å². The Morgan fingerprint density at radius 1 is 1.45 bits per heavy atom. The van der Waals surface area contributed by atoms with E-state index in [2.05, 4.69) is 21.2 Å². The van der Waals surface area contributed by atoms with Gasteiger partial charge in [-0.15, -0.1) is 0 Å². The number of nitrogens with one attached hydrogen (secondary N) is 1. The number of likely N-dealkylation sites (tertiary alicyclic amines) is 1. The predicted molar refractivity (Wildman–Crippen MR) is 79.7 cm³/mol. The van der Waals surface area contributed by atoms with Gasteiger partial charge >= 0.3 is 5.97 Å². The van der Waals surface area contributed by atoms with Crippen LogP contribution in [0.5, 0.6) is 0 Å². The molecule has 1 aromatic carbocycles. The molecule has 1 amide bonds. The molecule has 1 aliphatic rings. The van der Waals surface area contributed by atoms with Crippen LogP contribution in [-0.4, -0.2) is 41.5 Å². The van der Waals surface area contributed by atoms with E-state index >= 15 is 0 Å². The molecule has 0 unspecified atom stereocenters. The van der Waals surface area contributed by atoms with Gasteiger partial charge in [-0.2, -0.15) is 0 Å². The highest BCUT2D eigenvalue weighted by atomic mass is 79.9. The molecule has 1 aromatic rings. The van der Waals surface area contributed by atoms with E-state index in [4.69, 9.17) is 5.11 Å². The summed E-state index contributed by atoms with van der Waals surface area (Å²) in [6, 6.07) is 5.69. The topological polar surface area (TPSA) is 69.6 Å². The second kappa shape index (κ2) is 6.37. The highest BCUT2D eigenvalue weighted by Crippen LogP contribution is 2.21. The second-order valence-corrected chi connectivity index (χ2v) is 6.08. The van der Waals surface area contributed by atoms with Crippen molar-refractivity contribution in [2.75, 3.05) is 25.0 Å². The van der Waals surface area contributed by atoms with E-state index in [9.17, 15) is 9.59 Å². The summed E-state index contributed by atoms with van der Waals surface area (Å²) in [6.45, 7) is 3.61. The molecular formula is C14H17BrN2O3. The van der Waals surface area contributed by atoms with Gasteiger partial charge in [0.15, 0.2) is 0 Å². The molecule has 1 aliphatic heterocycles. The molecule has 20 heavy (non-hydrogen) atoms. The van der Waals surface area contributed by atoms with Crippen LogP contribution in [0, 0.1) is 12.8 Å². The summed E-state index contributed by atoms with van der Waals surface area (Å²) in [6.07, 6.45) is 0.184. The van der Waals surface area contributed by atoms with Crippen LogP contribution in [0.1, 0.15) is 12.0 Å². The summed E-state index contributed by atoms with van der Waals surface area (Å²) < 4.78 is 0.979. The number of aryl methyl sites for hydroxylation is 1.